The number of hydrogen-bond acceptors (Lipinski definition) is 6. The van der Waals surface area contributed by atoms with Crippen LogP contribution >= 0.6 is 0 Å². The average Bonchev–Trinajstić information content (AvgIpc) is 3.52. The smallest absolute Gasteiger partial charge is 0.356 e. The monoisotopic (exact) mass is 492 g/mol. The van der Waals surface area contributed by atoms with Gasteiger partial charge in [-0.25, -0.2) is 22.6 Å². The van der Waals surface area contributed by atoms with Crippen molar-refractivity contribution in [3.8, 4) is 11.6 Å². The van der Waals surface area contributed by atoms with Crippen LogP contribution in [0, 0.1) is 12.8 Å². The van der Waals surface area contributed by atoms with Crippen molar-refractivity contribution in [1.82, 2.24) is 14.5 Å². The second-order valence-corrected chi connectivity index (χ2v) is 11.3. The van der Waals surface area contributed by atoms with Gasteiger partial charge in [-0.05, 0) is 72.1 Å². The van der Waals surface area contributed by atoms with Crippen LogP contribution in [0.2, 0.25) is 0 Å². The Morgan fingerprint density at radius 3 is 2.47 bits per heavy atom. The minimum Gasteiger partial charge on any atom is -0.476 e. The number of aromatic carboxylic acids is 1. The topological polar surface area (TPSA) is 140 Å². The number of rotatable bonds is 9. The van der Waals surface area contributed by atoms with E-state index < -0.39 is 21.5 Å². The number of ether oxygens (including phenoxy) is 1. The number of carbonyl (C=O) groups excluding carboxylic acids is 1. The maximum Gasteiger partial charge on any atom is 0.356 e. The largest absolute Gasteiger partial charge is 0.476 e. The first-order valence-electron chi connectivity index (χ1n) is 11.2. The molecule has 0 spiro atoms. The zero-order chi connectivity index (χ0) is 25.4. The highest BCUT2D eigenvalue weighted by Gasteiger charge is 2.32. The van der Waals surface area contributed by atoms with Gasteiger partial charge >= 0.3 is 5.97 Å². The Morgan fingerprint density at radius 1 is 1.29 bits per heavy atom. The Balaban J connectivity index is 2.10. The van der Waals surface area contributed by atoms with Crippen molar-refractivity contribution in [3.63, 3.8) is 0 Å². The van der Waals surface area contributed by atoms with Crippen LogP contribution in [0.3, 0.4) is 0 Å². The lowest BCUT2D eigenvalue weighted by Gasteiger charge is -2.23. The van der Waals surface area contributed by atoms with Crippen molar-refractivity contribution < 1.29 is 27.9 Å². The Labute approximate surface area is 199 Å². The zero-order valence-electron chi connectivity index (χ0n) is 20.3. The van der Waals surface area contributed by atoms with E-state index in [1.807, 2.05) is 27.7 Å². The second-order valence-electron chi connectivity index (χ2n) is 9.62. The molecule has 0 saturated heterocycles. The lowest BCUT2D eigenvalue weighted by atomic mass is 10.1. The molecule has 1 heterocycles. The summed E-state index contributed by atoms with van der Waals surface area (Å²) in [5.74, 6) is -1.30. The molecular weight excluding hydrogens is 460 g/mol. The van der Waals surface area contributed by atoms with Gasteiger partial charge in [-0.2, -0.15) is 5.10 Å². The Kier molecular flexibility index (Phi) is 7.09. The van der Waals surface area contributed by atoms with E-state index in [4.69, 9.17) is 4.74 Å². The lowest BCUT2D eigenvalue weighted by molar-refractivity contribution is -0.117. The molecule has 3 rings (SSSR count). The number of carboxylic acids is 1. The van der Waals surface area contributed by atoms with E-state index in [9.17, 15) is 23.1 Å². The van der Waals surface area contributed by atoms with Gasteiger partial charge in [-0.3, -0.25) is 4.79 Å². The van der Waals surface area contributed by atoms with Gasteiger partial charge in [-0.1, -0.05) is 6.92 Å². The average molecular weight is 493 g/mol. The molecule has 1 aromatic carbocycles. The third-order valence-corrected chi connectivity index (χ3v) is 7.14. The molecule has 1 amide bonds. The van der Waals surface area contributed by atoms with Gasteiger partial charge in [0.1, 0.15) is 10.6 Å². The number of sulfonamides is 1. The van der Waals surface area contributed by atoms with Gasteiger partial charge in [0.2, 0.25) is 21.8 Å². The highest BCUT2D eigenvalue weighted by atomic mass is 32.2. The molecular formula is C23H32N4O6S. The molecule has 0 bridgehead atoms. The lowest BCUT2D eigenvalue weighted by Crippen LogP contribution is -2.32. The molecule has 10 nitrogen and oxygen atoms in total. The van der Waals surface area contributed by atoms with Gasteiger partial charge in [-0.15, -0.1) is 0 Å². The normalized spacial score (nSPS) is 15.1. The quantitative estimate of drug-likeness (QED) is 0.483. The molecule has 34 heavy (non-hydrogen) atoms. The van der Waals surface area contributed by atoms with E-state index >= 15 is 0 Å². The number of benzene rings is 1. The van der Waals surface area contributed by atoms with E-state index in [1.165, 1.54) is 16.8 Å². The third kappa shape index (κ3) is 5.58. The van der Waals surface area contributed by atoms with Crippen LogP contribution in [-0.2, 0) is 20.4 Å². The van der Waals surface area contributed by atoms with Gasteiger partial charge in [0.15, 0.2) is 5.69 Å². The summed E-state index contributed by atoms with van der Waals surface area (Å²) in [5.41, 5.74) is -0.215. The minimum atomic E-state index is -4.03. The molecule has 0 radical (unpaired) electrons. The number of nitrogens with zero attached hydrogens (tertiary/aromatic N) is 2. The first kappa shape index (κ1) is 25.7. The van der Waals surface area contributed by atoms with Crippen LogP contribution in [0.1, 0.15) is 69.9 Å². The Morgan fingerprint density at radius 2 is 1.94 bits per heavy atom. The fourth-order valence-electron chi connectivity index (χ4n) is 3.24. The molecule has 2 aromatic rings. The van der Waals surface area contributed by atoms with Crippen LogP contribution in [0.5, 0.6) is 11.6 Å². The summed E-state index contributed by atoms with van der Waals surface area (Å²) in [4.78, 5) is 23.7. The molecule has 1 fully saturated rings. The molecule has 1 aliphatic rings. The Hall–Kier alpha value is -2.92. The maximum absolute atomic E-state index is 13.3. The van der Waals surface area contributed by atoms with Crippen molar-refractivity contribution >= 4 is 27.6 Å². The van der Waals surface area contributed by atoms with Crippen molar-refractivity contribution in [1.29, 1.82) is 0 Å². The molecule has 0 unspecified atom stereocenters. The first-order chi connectivity index (χ1) is 15.7. The van der Waals surface area contributed by atoms with Gasteiger partial charge in [0, 0.05) is 23.2 Å². The van der Waals surface area contributed by atoms with Crippen LogP contribution in [-0.4, -0.2) is 41.2 Å². The summed E-state index contributed by atoms with van der Waals surface area (Å²) >= 11 is 0. The van der Waals surface area contributed by atoms with Crippen LogP contribution in [0.4, 0.5) is 5.69 Å². The number of carboxylic acid groups (broad SMARTS) is 1. The maximum atomic E-state index is 13.3. The van der Waals surface area contributed by atoms with Crippen molar-refractivity contribution in [3.05, 3.63) is 29.5 Å². The van der Waals surface area contributed by atoms with E-state index in [1.54, 1.807) is 19.9 Å². The summed E-state index contributed by atoms with van der Waals surface area (Å²) in [6.45, 7) is 10.7. The Bertz CT molecular complexity index is 1210. The molecule has 0 aliphatic heterocycles. The first-order valence-corrected chi connectivity index (χ1v) is 12.7. The van der Waals surface area contributed by atoms with Crippen molar-refractivity contribution in [2.75, 3.05) is 5.32 Å². The van der Waals surface area contributed by atoms with Crippen molar-refractivity contribution in [2.45, 2.75) is 77.3 Å². The molecule has 1 aromatic heterocycles. The molecule has 1 atom stereocenters. The van der Waals surface area contributed by atoms with Crippen molar-refractivity contribution in [2.24, 2.45) is 5.92 Å². The number of aromatic nitrogens is 2. The molecule has 186 valence electrons. The predicted molar refractivity (Wildman–Crippen MR) is 127 cm³/mol. The minimum absolute atomic E-state index is 0.00865. The highest BCUT2D eigenvalue weighted by Crippen LogP contribution is 2.37. The number of hydrogen-bond donors (Lipinski definition) is 3. The second kappa shape index (κ2) is 9.38. The summed E-state index contributed by atoms with van der Waals surface area (Å²) < 4.78 is 36.6. The van der Waals surface area contributed by atoms with Gasteiger partial charge < -0.3 is 15.2 Å². The summed E-state index contributed by atoms with van der Waals surface area (Å²) in [5, 5.41) is 16.5. The third-order valence-electron chi connectivity index (χ3n) is 5.53. The summed E-state index contributed by atoms with van der Waals surface area (Å²) in [7, 11) is -4.03. The fourth-order valence-corrected chi connectivity index (χ4v) is 4.72. The van der Waals surface area contributed by atoms with E-state index in [2.05, 4.69) is 15.1 Å². The van der Waals surface area contributed by atoms with Crippen LogP contribution in [0.15, 0.2) is 23.1 Å². The van der Waals surface area contributed by atoms with E-state index in [0.717, 1.165) is 12.8 Å². The summed E-state index contributed by atoms with van der Waals surface area (Å²) in [6, 6.07) is 4.03. The van der Waals surface area contributed by atoms with Gasteiger partial charge in [0.25, 0.3) is 0 Å². The predicted octanol–water partition coefficient (Wildman–Crippen LogP) is 3.86. The number of anilines is 1. The number of amides is 1. The SMILES string of the molecule is CC[C@H](C)NS(=O)(=O)c1cc(NC(=O)C2CC2)ccc1Oc1c(C)c(C(=O)O)nn1C(C)(C)C. The molecule has 1 saturated carbocycles. The molecule has 3 N–H and O–H groups in total. The zero-order valence-corrected chi connectivity index (χ0v) is 21.1. The van der Waals surface area contributed by atoms with Crippen LogP contribution < -0.4 is 14.8 Å². The standard InChI is InChI=1S/C23H32N4O6S/c1-7-13(2)26-34(31,32)18-12-16(24-20(28)15-8-9-15)10-11-17(18)33-21-14(3)19(22(29)30)25-27(21)23(4,5)6/h10-13,15,26H,7-9H2,1-6H3,(H,24,28)(H,29,30)/t13-/m0/s1. The highest BCUT2D eigenvalue weighted by molar-refractivity contribution is 7.89. The fraction of sp³-hybridized carbons (Fsp3) is 0.522. The summed E-state index contributed by atoms with van der Waals surface area (Å²) in [6.07, 6.45) is 2.21. The molecule has 1 aliphatic carbocycles. The van der Waals surface area contributed by atoms with E-state index in [-0.39, 0.29) is 45.6 Å². The van der Waals surface area contributed by atoms with Crippen LogP contribution in [0.25, 0.3) is 0 Å². The van der Waals surface area contributed by atoms with E-state index in [0.29, 0.717) is 12.1 Å². The number of nitrogens with one attached hydrogen (secondary N) is 2. The number of carbonyl (C=O) groups is 2. The molecule has 11 heteroatoms. The van der Waals surface area contributed by atoms with Gasteiger partial charge in [0.05, 0.1) is 5.54 Å².